The third kappa shape index (κ3) is 5.32. The largest absolute Gasteiger partial charge is 0.508 e. The summed E-state index contributed by atoms with van der Waals surface area (Å²) in [6, 6.07) is -0.776. The van der Waals surface area contributed by atoms with Crippen molar-refractivity contribution in [3.05, 3.63) is 39.1 Å². The summed E-state index contributed by atoms with van der Waals surface area (Å²) in [5.74, 6) is -9.44. The number of Topliss-reactive ketones (excluding diaryl/α,β-unsaturated/α-hetero) is 2. The minimum Gasteiger partial charge on any atom is -0.508 e. The van der Waals surface area contributed by atoms with Crippen molar-refractivity contribution in [2.75, 3.05) is 28.3 Å². The summed E-state index contributed by atoms with van der Waals surface area (Å²) in [5, 5.41) is 58.8. The summed E-state index contributed by atoms with van der Waals surface area (Å²) in [5.41, 5.74) is -3.62. The lowest BCUT2D eigenvalue weighted by molar-refractivity contribution is -0.301. The maximum atomic E-state index is 14.7. The number of halogens is 1. The third-order valence-electron chi connectivity index (χ3n) is 10.5. The SMILES string of the molecule is COc1cc(O)c2c(c1Cl)C(C)(OC1CC(C)(NOC(C)=O)C(OC)C(C)O1)C1CC3(O)C(N(C)C)C(=O)C(C(N)=O)=C(O)C3(O)C(=O)C1=C2O. The summed E-state index contributed by atoms with van der Waals surface area (Å²) >= 11 is 6.89. The molecule has 1 saturated heterocycles. The van der Waals surface area contributed by atoms with Gasteiger partial charge < -0.3 is 55.1 Å². The number of nitrogens with one attached hydrogen (secondary N) is 1. The number of nitrogens with two attached hydrogens (primary N) is 1. The number of likely N-dealkylation sites (N-methyl/N-ethyl adjacent to an activating group) is 1. The topological polar surface area (TPSA) is 257 Å². The molecule has 0 spiro atoms. The lowest BCUT2D eigenvalue weighted by Crippen LogP contribution is -2.77. The molecule has 9 unspecified atom stereocenters. The molecule has 280 valence electrons. The number of phenolic OH excluding ortho intramolecular Hbond substituents is 1. The fraction of sp³-hybridized carbons (Fsp3) is 0.576. The van der Waals surface area contributed by atoms with Crippen LogP contribution in [-0.4, -0.2) is 123 Å². The van der Waals surface area contributed by atoms with Crippen LogP contribution >= 0.6 is 11.6 Å². The Hall–Kier alpha value is -3.81. The van der Waals surface area contributed by atoms with Gasteiger partial charge in [-0.05, 0) is 41.3 Å². The van der Waals surface area contributed by atoms with Crippen molar-refractivity contribution in [1.29, 1.82) is 0 Å². The second-order valence-electron chi connectivity index (χ2n) is 13.9. The molecule has 1 aliphatic heterocycles. The average Bonchev–Trinajstić information content (AvgIpc) is 3.01. The van der Waals surface area contributed by atoms with Crippen molar-refractivity contribution in [3.63, 3.8) is 0 Å². The predicted octanol–water partition coefficient (Wildman–Crippen LogP) is 0.407. The molecule has 5 rings (SSSR count). The molecule has 18 heteroatoms. The lowest BCUT2D eigenvalue weighted by atomic mass is 9.52. The first-order valence-corrected chi connectivity index (χ1v) is 16.2. The van der Waals surface area contributed by atoms with Gasteiger partial charge in [0.05, 0.1) is 29.3 Å². The van der Waals surface area contributed by atoms with Crippen LogP contribution in [0, 0.1) is 5.92 Å². The summed E-state index contributed by atoms with van der Waals surface area (Å²) < 4.78 is 24.0. The van der Waals surface area contributed by atoms with Gasteiger partial charge in [-0.25, -0.2) is 0 Å². The first-order chi connectivity index (χ1) is 23.6. The van der Waals surface area contributed by atoms with Gasteiger partial charge in [-0.3, -0.25) is 24.1 Å². The van der Waals surface area contributed by atoms with Crippen LogP contribution in [0.4, 0.5) is 0 Å². The Bertz CT molecular complexity index is 1780. The molecule has 0 aromatic heterocycles. The zero-order valence-corrected chi connectivity index (χ0v) is 29.9. The number of ketones is 2. The standard InChI is InChI=1S/C33H42ClN3O14/c1-12-28(48-8)30(3,36-51-13(2)38)11-17(49-12)50-31(4)14-10-32(45)25(37(5)6)24(41)20(29(35)44)27(43)33(32,46)26(42)18(14)23(40)19-15(39)9-16(47-7)22(34)21(19)31/h9,12,14,17,25,28,36,39-40,43,45-46H,10-11H2,1-8H3,(H2,35,44). The zero-order chi connectivity index (χ0) is 38.3. The number of carbonyl (C=O) groups excluding carboxylic acids is 4. The number of primary amides is 1. The van der Waals surface area contributed by atoms with Crippen molar-refractivity contribution in [2.24, 2.45) is 11.7 Å². The second kappa shape index (κ2) is 12.7. The zero-order valence-electron chi connectivity index (χ0n) is 29.2. The molecular formula is C33H42ClN3O14. The Morgan fingerprint density at radius 2 is 1.75 bits per heavy atom. The number of phenols is 1. The van der Waals surface area contributed by atoms with Crippen molar-refractivity contribution in [3.8, 4) is 11.5 Å². The van der Waals surface area contributed by atoms with Crippen LogP contribution in [0.5, 0.6) is 11.5 Å². The third-order valence-corrected chi connectivity index (χ3v) is 10.9. The normalized spacial score (nSPS) is 36.4. The molecule has 51 heavy (non-hydrogen) atoms. The Kier molecular flexibility index (Phi) is 9.57. The van der Waals surface area contributed by atoms with Gasteiger partial charge in [-0.1, -0.05) is 11.6 Å². The van der Waals surface area contributed by atoms with E-state index in [1.165, 1.54) is 42.2 Å². The van der Waals surface area contributed by atoms with E-state index >= 15 is 0 Å². The summed E-state index contributed by atoms with van der Waals surface area (Å²) in [6.45, 7) is 5.98. The maximum absolute atomic E-state index is 14.7. The molecule has 9 atom stereocenters. The molecule has 4 aliphatic rings. The molecular weight excluding hydrogens is 698 g/mol. The van der Waals surface area contributed by atoms with Gasteiger partial charge in [0, 0.05) is 43.6 Å². The lowest BCUT2D eigenvalue weighted by Gasteiger charge is -2.58. The molecule has 3 aliphatic carbocycles. The van der Waals surface area contributed by atoms with Crippen LogP contribution in [0.25, 0.3) is 5.76 Å². The van der Waals surface area contributed by atoms with Crippen LogP contribution < -0.4 is 16.0 Å². The molecule has 0 radical (unpaired) electrons. The molecule has 17 nitrogen and oxygen atoms in total. The number of hydroxylamine groups is 1. The van der Waals surface area contributed by atoms with Gasteiger partial charge in [0.2, 0.25) is 11.4 Å². The van der Waals surface area contributed by atoms with Gasteiger partial charge >= 0.3 is 5.97 Å². The van der Waals surface area contributed by atoms with E-state index < -0.39 is 117 Å². The predicted molar refractivity (Wildman–Crippen MR) is 175 cm³/mol. The number of fused-ring (bicyclic) bond motifs is 3. The van der Waals surface area contributed by atoms with E-state index in [-0.39, 0.29) is 22.8 Å². The van der Waals surface area contributed by atoms with Gasteiger partial charge in [0.15, 0.2) is 17.8 Å². The number of nitrogens with zero attached hydrogens (tertiary/aromatic N) is 1. The van der Waals surface area contributed by atoms with E-state index in [9.17, 15) is 44.7 Å². The number of rotatable bonds is 8. The van der Waals surface area contributed by atoms with Crippen molar-refractivity contribution in [2.45, 2.75) is 87.4 Å². The molecule has 1 amide bonds. The van der Waals surface area contributed by atoms with E-state index in [0.29, 0.717) is 0 Å². The highest BCUT2D eigenvalue weighted by molar-refractivity contribution is 6.33. The van der Waals surface area contributed by atoms with E-state index in [4.69, 9.17) is 41.1 Å². The number of methoxy groups -OCH3 is 2. The maximum Gasteiger partial charge on any atom is 0.321 e. The highest BCUT2D eigenvalue weighted by atomic mass is 35.5. The van der Waals surface area contributed by atoms with Crippen molar-refractivity contribution in [1.82, 2.24) is 10.4 Å². The molecule has 1 heterocycles. The van der Waals surface area contributed by atoms with Gasteiger partial charge in [0.25, 0.3) is 5.91 Å². The molecule has 2 fully saturated rings. The summed E-state index contributed by atoms with van der Waals surface area (Å²) in [6.07, 6.45) is -3.59. The van der Waals surface area contributed by atoms with Crippen LogP contribution in [0.1, 0.15) is 51.7 Å². The average molecular weight is 740 g/mol. The quantitative estimate of drug-likeness (QED) is 0.141. The molecule has 1 aromatic rings. The molecule has 0 bridgehead atoms. The fourth-order valence-corrected chi connectivity index (χ4v) is 8.79. The molecule has 1 aromatic carbocycles. The van der Waals surface area contributed by atoms with Gasteiger partial charge in [-0.2, -0.15) is 0 Å². The number of hydrogen-bond acceptors (Lipinski definition) is 16. The number of hydrogen-bond donors (Lipinski definition) is 7. The summed E-state index contributed by atoms with van der Waals surface area (Å²) in [7, 11) is 5.37. The number of aliphatic hydroxyl groups excluding tert-OH is 2. The first-order valence-electron chi connectivity index (χ1n) is 15.8. The van der Waals surface area contributed by atoms with Crippen LogP contribution in [0.15, 0.2) is 23.0 Å². The molecule has 8 N–H and O–H groups in total. The number of benzene rings is 1. The monoisotopic (exact) mass is 739 g/mol. The smallest absolute Gasteiger partial charge is 0.321 e. The fourth-order valence-electron chi connectivity index (χ4n) is 8.37. The number of carbonyl (C=O) groups is 4. The van der Waals surface area contributed by atoms with Crippen LogP contribution in [-0.2, 0) is 43.8 Å². The Morgan fingerprint density at radius 1 is 1.12 bits per heavy atom. The number of amides is 1. The Labute approximate surface area is 297 Å². The highest BCUT2D eigenvalue weighted by Crippen LogP contribution is 2.62. The number of aromatic hydroxyl groups is 1. The van der Waals surface area contributed by atoms with Crippen LogP contribution in [0.2, 0.25) is 5.02 Å². The van der Waals surface area contributed by atoms with E-state index in [1.54, 1.807) is 13.8 Å². The van der Waals surface area contributed by atoms with E-state index in [0.717, 1.165) is 11.0 Å². The van der Waals surface area contributed by atoms with E-state index in [1.807, 2.05) is 0 Å². The number of aliphatic hydroxyl groups is 4. The minimum atomic E-state index is -3.40. The van der Waals surface area contributed by atoms with Gasteiger partial charge in [0.1, 0.15) is 46.2 Å². The first kappa shape index (κ1) is 38.4. The molecule has 1 saturated carbocycles. The minimum absolute atomic E-state index is 0.0687. The van der Waals surface area contributed by atoms with Crippen LogP contribution in [0.3, 0.4) is 0 Å². The highest BCUT2D eigenvalue weighted by Gasteiger charge is 2.74. The second-order valence-corrected chi connectivity index (χ2v) is 14.3. The van der Waals surface area contributed by atoms with Crippen molar-refractivity contribution < 1.29 is 68.5 Å². The Morgan fingerprint density at radius 3 is 2.27 bits per heavy atom. The summed E-state index contributed by atoms with van der Waals surface area (Å²) in [4.78, 5) is 58.9. The van der Waals surface area contributed by atoms with Gasteiger partial charge in [-0.15, -0.1) is 5.48 Å². The van der Waals surface area contributed by atoms with Crippen molar-refractivity contribution >= 4 is 40.8 Å². The Balaban J connectivity index is 1.79. The van der Waals surface area contributed by atoms with E-state index in [2.05, 4.69) is 5.48 Å². The number of ether oxygens (including phenoxy) is 4.